The lowest BCUT2D eigenvalue weighted by Crippen LogP contribution is -2.36. The molecule has 5 nitrogen and oxygen atoms in total. The Morgan fingerprint density at radius 2 is 1.60 bits per heavy atom. The first-order valence-corrected chi connectivity index (χ1v) is 12.0. The molecule has 1 aliphatic rings. The second kappa shape index (κ2) is 10.0. The molecule has 1 saturated heterocycles. The number of nitrogens with zero attached hydrogens (tertiary/aromatic N) is 2. The minimum Gasteiger partial charge on any atom is -0.339 e. The van der Waals surface area contributed by atoms with Crippen molar-refractivity contribution in [3.63, 3.8) is 0 Å². The van der Waals surface area contributed by atoms with Crippen LogP contribution < -0.4 is 0 Å². The highest BCUT2D eigenvalue weighted by atomic mass is 32.2. The summed E-state index contributed by atoms with van der Waals surface area (Å²) in [6.07, 6.45) is 5.28. The monoisotopic (exact) mass is 426 g/mol. The Hall–Kier alpha value is -2.44. The van der Waals surface area contributed by atoms with Crippen molar-refractivity contribution in [2.45, 2.75) is 37.5 Å². The molecule has 0 atom stereocenters. The number of rotatable bonds is 7. The fourth-order valence-electron chi connectivity index (χ4n) is 3.89. The predicted octanol–water partition coefficient (Wildman–Crippen LogP) is 4.14. The van der Waals surface area contributed by atoms with Gasteiger partial charge in [0.1, 0.15) is 0 Å². The van der Waals surface area contributed by atoms with Crippen molar-refractivity contribution in [1.29, 1.82) is 0 Å². The highest BCUT2D eigenvalue weighted by Crippen LogP contribution is 2.27. The van der Waals surface area contributed by atoms with Gasteiger partial charge in [-0.3, -0.25) is 4.79 Å². The van der Waals surface area contributed by atoms with Crippen molar-refractivity contribution < 1.29 is 13.2 Å². The molecule has 0 aliphatic carbocycles. The molecule has 0 radical (unpaired) electrons. The van der Waals surface area contributed by atoms with Crippen molar-refractivity contribution >= 4 is 22.0 Å². The number of carbonyl (C=O) groups excluding carboxylic acids is 1. The van der Waals surface area contributed by atoms with Gasteiger partial charge in [-0.1, -0.05) is 56.3 Å². The Labute approximate surface area is 180 Å². The first-order chi connectivity index (χ1) is 14.5. The molecule has 0 spiro atoms. The predicted molar refractivity (Wildman–Crippen MR) is 121 cm³/mol. The maximum Gasteiger partial charge on any atom is 0.246 e. The van der Waals surface area contributed by atoms with Crippen LogP contribution in [0.3, 0.4) is 0 Å². The van der Waals surface area contributed by atoms with Crippen LogP contribution in [0.25, 0.3) is 6.08 Å². The van der Waals surface area contributed by atoms with E-state index in [1.165, 1.54) is 9.87 Å². The Morgan fingerprint density at radius 3 is 2.17 bits per heavy atom. The number of hydrogen-bond donors (Lipinski definition) is 0. The summed E-state index contributed by atoms with van der Waals surface area (Å²) in [5.74, 6) is 0.515. The number of hydrogen-bond acceptors (Lipinski definition) is 3. The Kier molecular flexibility index (Phi) is 7.45. The average molecular weight is 427 g/mol. The summed E-state index contributed by atoms with van der Waals surface area (Å²) in [5, 5.41) is 0. The van der Waals surface area contributed by atoms with Gasteiger partial charge in [0.2, 0.25) is 15.9 Å². The molecular weight excluding hydrogens is 396 g/mol. The van der Waals surface area contributed by atoms with E-state index in [0.717, 1.165) is 31.5 Å². The molecule has 160 valence electrons. The number of benzene rings is 2. The molecule has 30 heavy (non-hydrogen) atoms. The van der Waals surface area contributed by atoms with E-state index in [4.69, 9.17) is 0 Å². The molecule has 2 aromatic rings. The number of amides is 1. The number of likely N-dealkylation sites (tertiary alicyclic amines) is 1. The standard InChI is InChI=1S/C24H30N2O3S/c1-3-26(4-2)30(28,29)23-13-10-20(11-14-23)12-15-24(27)25-18-16-22(17-19-25)21-8-6-5-7-9-21/h5-15,22H,3-4,16-19H2,1-2H3/b15-12+. The van der Waals surface area contributed by atoms with E-state index in [9.17, 15) is 13.2 Å². The minimum absolute atomic E-state index is 0.00125. The lowest BCUT2D eigenvalue weighted by Gasteiger charge is -2.31. The van der Waals surface area contributed by atoms with Gasteiger partial charge in [-0.05, 0) is 48.1 Å². The summed E-state index contributed by atoms with van der Waals surface area (Å²) in [6, 6.07) is 17.1. The van der Waals surface area contributed by atoms with Gasteiger partial charge in [0, 0.05) is 32.3 Å². The van der Waals surface area contributed by atoms with Gasteiger partial charge >= 0.3 is 0 Å². The highest BCUT2D eigenvalue weighted by Gasteiger charge is 2.23. The third-order valence-electron chi connectivity index (χ3n) is 5.72. The molecule has 1 heterocycles. The molecule has 0 saturated carbocycles. The molecule has 6 heteroatoms. The fourth-order valence-corrected chi connectivity index (χ4v) is 5.35. The van der Waals surface area contributed by atoms with Crippen LogP contribution in [0.15, 0.2) is 65.6 Å². The summed E-state index contributed by atoms with van der Waals surface area (Å²) in [4.78, 5) is 14.7. The Bertz CT molecular complexity index is 957. The van der Waals surface area contributed by atoms with Gasteiger partial charge in [0.25, 0.3) is 0 Å². The van der Waals surface area contributed by atoms with E-state index in [1.807, 2.05) is 24.8 Å². The summed E-state index contributed by atoms with van der Waals surface area (Å²) in [7, 11) is -3.46. The van der Waals surface area contributed by atoms with Gasteiger partial charge in [-0.15, -0.1) is 0 Å². The SMILES string of the molecule is CCN(CC)S(=O)(=O)c1ccc(/C=C/C(=O)N2CCC(c3ccccc3)CC2)cc1. The summed E-state index contributed by atoms with van der Waals surface area (Å²) >= 11 is 0. The van der Waals surface area contributed by atoms with Crippen molar-refractivity contribution in [2.24, 2.45) is 0 Å². The summed E-state index contributed by atoms with van der Waals surface area (Å²) < 4.78 is 26.5. The molecule has 1 aliphatic heterocycles. The topological polar surface area (TPSA) is 57.7 Å². The zero-order valence-corrected chi connectivity index (χ0v) is 18.5. The van der Waals surface area contributed by atoms with Gasteiger partial charge < -0.3 is 4.90 Å². The second-order valence-corrected chi connectivity index (χ2v) is 9.44. The molecule has 1 fully saturated rings. The van der Waals surface area contributed by atoms with Crippen LogP contribution >= 0.6 is 0 Å². The van der Waals surface area contributed by atoms with Crippen LogP contribution in [0.2, 0.25) is 0 Å². The number of sulfonamides is 1. The Balaban J connectivity index is 1.58. The van der Waals surface area contributed by atoms with Gasteiger partial charge in [0.05, 0.1) is 4.90 Å². The van der Waals surface area contributed by atoms with E-state index < -0.39 is 10.0 Å². The van der Waals surface area contributed by atoms with Crippen LogP contribution in [-0.2, 0) is 14.8 Å². The Morgan fingerprint density at radius 1 is 1.00 bits per heavy atom. The largest absolute Gasteiger partial charge is 0.339 e. The van der Waals surface area contributed by atoms with Gasteiger partial charge in [-0.25, -0.2) is 8.42 Å². The molecule has 1 amide bonds. The van der Waals surface area contributed by atoms with Crippen molar-refractivity contribution in [2.75, 3.05) is 26.2 Å². The molecule has 3 rings (SSSR count). The smallest absolute Gasteiger partial charge is 0.246 e. The first-order valence-electron chi connectivity index (χ1n) is 10.6. The third kappa shape index (κ3) is 5.18. The lowest BCUT2D eigenvalue weighted by molar-refractivity contribution is -0.126. The summed E-state index contributed by atoms with van der Waals surface area (Å²) in [5.41, 5.74) is 2.15. The van der Waals surface area contributed by atoms with E-state index >= 15 is 0 Å². The maximum atomic E-state index is 12.6. The zero-order valence-electron chi connectivity index (χ0n) is 17.7. The summed E-state index contributed by atoms with van der Waals surface area (Å²) in [6.45, 7) is 6.04. The van der Waals surface area contributed by atoms with Crippen LogP contribution in [-0.4, -0.2) is 49.7 Å². The van der Waals surface area contributed by atoms with Crippen LogP contribution in [0.4, 0.5) is 0 Å². The molecule has 0 aromatic heterocycles. The zero-order chi connectivity index (χ0) is 21.6. The quantitative estimate of drug-likeness (QED) is 0.626. The lowest BCUT2D eigenvalue weighted by atomic mass is 9.89. The van der Waals surface area contributed by atoms with Crippen LogP contribution in [0.5, 0.6) is 0 Å². The van der Waals surface area contributed by atoms with E-state index in [-0.39, 0.29) is 10.8 Å². The van der Waals surface area contributed by atoms with Crippen LogP contribution in [0.1, 0.15) is 43.7 Å². The fraction of sp³-hybridized carbons (Fsp3) is 0.375. The third-order valence-corrected chi connectivity index (χ3v) is 7.78. The molecule has 0 bridgehead atoms. The van der Waals surface area contributed by atoms with Crippen molar-refractivity contribution in [3.8, 4) is 0 Å². The average Bonchev–Trinajstić information content (AvgIpc) is 2.79. The maximum absolute atomic E-state index is 12.6. The number of carbonyl (C=O) groups is 1. The van der Waals surface area contributed by atoms with Crippen molar-refractivity contribution in [1.82, 2.24) is 9.21 Å². The minimum atomic E-state index is -3.46. The van der Waals surface area contributed by atoms with E-state index in [1.54, 1.807) is 36.4 Å². The molecule has 0 unspecified atom stereocenters. The molecule has 2 aromatic carbocycles. The first kappa shape index (κ1) is 22.2. The van der Waals surface area contributed by atoms with Crippen molar-refractivity contribution in [3.05, 3.63) is 71.8 Å². The molecule has 0 N–H and O–H groups in total. The van der Waals surface area contributed by atoms with Gasteiger partial charge in [-0.2, -0.15) is 4.31 Å². The number of piperidine rings is 1. The highest BCUT2D eigenvalue weighted by molar-refractivity contribution is 7.89. The van der Waals surface area contributed by atoms with Crippen LogP contribution in [0, 0.1) is 0 Å². The molecular formula is C24H30N2O3S. The van der Waals surface area contributed by atoms with E-state index in [2.05, 4.69) is 24.3 Å². The normalized spacial score (nSPS) is 15.8. The van der Waals surface area contributed by atoms with E-state index in [0.29, 0.717) is 19.0 Å². The second-order valence-electron chi connectivity index (χ2n) is 7.50. The van der Waals surface area contributed by atoms with Gasteiger partial charge in [0.15, 0.2) is 0 Å².